The van der Waals surface area contributed by atoms with Gasteiger partial charge >= 0.3 is 0 Å². The zero-order valence-corrected chi connectivity index (χ0v) is 20.8. The molecular formula is C28H26N8O2. The molecule has 0 bridgehead atoms. The van der Waals surface area contributed by atoms with Crippen molar-refractivity contribution in [3.8, 4) is 11.8 Å². The largest absolute Gasteiger partial charge is 0.382 e. The molecule has 3 heterocycles. The molecule has 0 aliphatic heterocycles. The number of hydrogen-bond acceptors (Lipinski definition) is 8. The molecule has 1 atom stereocenters. The summed E-state index contributed by atoms with van der Waals surface area (Å²) in [5.41, 5.74) is 8.89. The van der Waals surface area contributed by atoms with Gasteiger partial charge in [0.2, 0.25) is 0 Å². The molecule has 3 aromatic heterocycles. The average Bonchev–Trinajstić information content (AvgIpc) is 3.32. The van der Waals surface area contributed by atoms with Gasteiger partial charge in [0.25, 0.3) is 5.56 Å². The fourth-order valence-corrected chi connectivity index (χ4v) is 4.30. The number of nitrogen functional groups attached to an aromatic ring is 1. The molecule has 1 unspecified atom stereocenters. The third-order valence-electron chi connectivity index (χ3n) is 6.20. The molecule has 0 saturated heterocycles. The van der Waals surface area contributed by atoms with Crippen molar-refractivity contribution in [2.45, 2.75) is 26.0 Å². The highest BCUT2D eigenvalue weighted by Crippen LogP contribution is 2.26. The number of nitriles is 1. The Hall–Kier alpha value is -5.01. The summed E-state index contributed by atoms with van der Waals surface area (Å²) in [7, 11) is 0. The lowest BCUT2D eigenvalue weighted by molar-refractivity contribution is 0.114. The second-order valence-electron chi connectivity index (χ2n) is 8.74. The topological polar surface area (TPSA) is 136 Å². The highest BCUT2D eigenvalue weighted by molar-refractivity contribution is 5.62. The van der Waals surface area contributed by atoms with E-state index in [1.54, 1.807) is 15.3 Å². The highest BCUT2D eigenvalue weighted by Gasteiger charge is 2.24. The Morgan fingerprint density at radius 1 is 1.08 bits per heavy atom. The molecule has 5 rings (SSSR count). The number of nitrogens with two attached hydrogens (primary N) is 1. The van der Waals surface area contributed by atoms with Gasteiger partial charge in [-0.2, -0.15) is 10.4 Å². The van der Waals surface area contributed by atoms with Gasteiger partial charge in [-0.1, -0.05) is 48.5 Å². The second-order valence-corrected chi connectivity index (χ2v) is 8.74. The van der Waals surface area contributed by atoms with Gasteiger partial charge in [-0.3, -0.25) is 9.36 Å². The zero-order chi connectivity index (χ0) is 26.5. The molecule has 0 aliphatic rings. The van der Waals surface area contributed by atoms with Crippen molar-refractivity contribution in [2.24, 2.45) is 0 Å². The summed E-state index contributed by atoms with van der Waals surface area (Å²) in [6, 6.07) is 22.6. The van der Waals surface area contributed by atoms with Gasteiger partial charge in [0.15, 0.2) is 5.82 Å². The zero-order valence-electron chi connectivity index (χ0n) is 20.8. The summed E-state index contributed by atoms with van der Waals surface area (Å²) in [6.45, 7) is 2.66. The minimum atomic E-state index is -0.563. The molecule has 2 aromatic carbocycles. The predicted octanol–water partition coefficient (Wildman–Crippen LogP) is 3.80. The maximum atomic E-state index is 13.8. The fourth-order valence-electron chi connectivity index (χ4n) is 4.30. The van der Waals surface area contributed by atoms with Gasteiger partial charge < -0.3 is 15.8 Å². The number of anilines is 2. The van der Waals surface area contributed by atoms with Crippen LogP contribution in [0.15, 0.2) is 84.0 Å². The average molecular weight is 507 g/mol. The minimum absolute atomic E-state index is 0.0639. The number of nitrogens with one attached hydrogen (secondary N) is 1. The van der Waals surface area contributed by atoms with E-state index in [0.717, 1.165) is 11.1 Å². The molecule has 190 valence electrons. The Morgan fingerprint density at radius 3 is 2.55 bits per heavy atom. The maximum Gasteiger partial charge on any atom is 0.282 e. The Morgan fingerprint density at radius 2 is 1.82 bits per heavy atom. The first-order valence-corrected chi connectivity index (χ1v) is 12.1. The van der Waals surface area contributed by atoms with E-state index in [-0.39, 0.29) is 22.8 Å². The van der Waals surface area contributed by atoms with Crippen LogP contribution in [0.25, 0.3) is 11.2 Å². The monoisotopic (exact) mass is 506 g/mol. The molecule has 5 aromatic rings. The first-order valence-electron chi connectivity index (χ1n) is 12.1. The lowest BCUT2D eigenvalue weighted by Crippen LogP contribution is -2.31. The molecule has 0 radical (unpaired) electrons. The molecular weight excluding hydrogens is 480 g/mol. The first-order chi connectivity index (χ1) is 18.6. The number of hydrogen-bond donors (Lipinski definition) is 2. The smallest absolute Gasteiger partial charge is 0.282 e. The van der Waals surface area contributed by atoms with E-state index in [2.05, 4.69) is 21.4 Å². The molecule has 0 saturated carbocycles. The molecule has 0 fully saturated rings. The van der Waals surface area contributed by atoms with E-state index in [1.165, 1.54) is 6.33 Å². The van der Waals surface area contributed by atoms with Crippen LogP contribution in [0.2, 0.25) is 0 Å². The number of aromatic nitrogens is 5. The van der Waals surface area contributed by atoms with Gasteiger partial charge in [0, 0.05) is 12.8 Å². The van der Waals surface area contributed by atoms with Crippen LogP contribution < -0.4 is 16.6 Å². The lowest BCUT2D eigenvalue weighted by Gasteiger charge is -2.23. The van der Waals surface area contributed by atoms with Crippen LogP contribution in [0.5, 0.6) is 0 Å². The molecule has 38 heavy (non-hydrogen) atoms. The van der Waals surface area contributed by atoms with Crippen molar-refractivity contribution in [3.63, 3.8) is 0 Å². The Balaban J connectivity index is 1.58. The Kier molecular flexibility index (Phi) is 7.10. The van der Waals surface area contributed by atoms with Crippen LogP contribution >= 0.6 is 0 Å². The number of rotatable bonds is 9. The van der Waals surface area contributed by atoms with E-state index in [4.69, 9.17) is 15.6 Å². The van der Waals surface area contributed by atoms with Gasteiger partial charge in [0.1, 0.15) is 35.1 Å². The molecule has 0 amide bonds. The number of benzene rings is 2. The molecule has 3 N–H and O–H groups in total. The maximum absolute atomic E-state index is 13.8. The molecule has 0 spiro atoms. The predicted molar refractivity (Wildman–Crippen MR) is 144 cm³/mol. The summed E-state index contributed by atoms with van der Waals surface area (Å²) in [5.74, 6) is 0.758. The van der Waals surface area contributed by atoms with Crippen LogP contribution in [0.4, 0.5) is 11.6 Å². The Bertz CT molecular complexity index is 1660. The van der Waals surface area contributed by atoms with Crippen molar-refractivity contribution >= 4 is 17.2 Å². The SMILES string of the molecule is Cc1ccn2nc(C(CCOCc3ccccc3)Nc3ncnc(N)c3C#N)n(-c3ccccc3)c(=O)c12. The van der Waals surface area contributed by atoms with Crippen molar-refractivity contribution in [1.29, 1.82) is 5.26 Å². The van der Waals surface area contributed by atoms with Gasteiger partial charge in [-0.15, -0.1) is 0 Å². The van der Waals surface area contributed by atoms with E-state index in [9.17, 15) is 10.1 Å². The van der Waals surface area contributed by atoms with Crippen LogP contribution in [0.3, 0.4) is 0 Å². The van der Waals surface area contributed by atoms with E-state index in [0.29, 0.717) is 36.7 Å². The van der Waals surface area contributed by atoms with Crippen LogP contribution in [0, 0.1) is 18.3 Å². The van der Waals surface area contributed by atoms with Crippen molar-refractivity contribution in [3.05, 3.63) is 112 Å². The normalized spacial score (nSPS) is 11.8. The van der Waals surface area contributed by atoms with E-state index in [1.807, 2.05) is 73.7 Å². The molecule has 0 aliphatic carbocycles. The standard InChI is InChI=1S/C28H26N8O2/c1-19-12-14-35-24(19)28(37)36(21-10-6-3-7-11-21)27(34-35)23(13-15-38-17-20-8-4-2-5-9-20)33-26-22(16-29)25(30)31-18-32-26/h2-12,14,18,23H,13,15,17H2,1H3,(H3,30,31,32,33). The van der Waals surface area contributed by atoms with E-state index >= 15 is 0 Å². The number of fused-ring (bicyclic) bond motifs is 1. The van der Waals surface area contributed by atoms with Crippen LogP contribution in [0.1, 0.15) is 35.0 Å². The second kappa shape index (κ2) is 10.9. The quantitative estimate of drug-likeness (QED) is 0.288. The fraction of sp³-hybridized carbons (Fsp3) is 0.179. The van der Waals surface area contributed by atoms with Crippen molar-refractivity contribution in [2.75, 3.05) is 17.7 Å². The number of aryl methyl sites for hydroxylation is 1. The van der Waals surface area contributed by atoms with Crippen molar-refractivity contribution < 1.29 is 4.74 Å². The lowest BCUT2D eigenvalue weighted by atomic mass is 10.1. The molecule has 10 nitrogen and oxygen atoms in total. The minimum Gasteiger partial charge on any atom is -0.382 e. The van der Waals surface area contributed by atoms with Crippen LogP contribution in [-0.4, -0.2) is 30.8 Å². The number of ether oxygens (including phenoxy) is 1. The summed E-state index contributed by atoms with van der Waals surface area (Å²) >= 11 is 0. The van der Waals surface area contributed by atoms with Gasteiger partial charge in [-0.25, -0.2) is 14.5 Å². The third-order valence-corrected chi connectivity index (χ3v) is 6.20. The summed E-state index contributed by atoms with van der Waals surface area (Å²) in [6.07, 6.45) is 3.47. The van der Waals surface area contributed by atoms with Gasteiger partial charge in [-0.05, 0) is 42.7 Å². The number of nitrogens with zero attached hydrogens (tertiary/aromatic N) is 6. The van der Waals surface area contributed by atoms with Crippen LogP contribution in [-0.2, 0) is 11.3 Å². The van der Waals surface area contributed by atoms with E-state index < -0.39 is 6.04 Å². The highest BCUT2D eigenvalue weighted by atomic mass is 16.5. The number of para-hydroxylation sites is 1. The van der Waals surface area contributed by atoms with Gasteiger partial charge in [0.05, 0.1) is 18.3 Å². The summed E-state index contributed by atoms with van der Waals surface area (Å²) in [5, 5.41) is 17.8. The molecule has 10 heteroatoms. The summed E-state index contributed by atoms with van der Waals surface area (Å²) in [4.78, 5) is 22.0. The first kappa shape index (κ1) is 24.7. The van der Waals surface area contributed by atoms with Crippen molar-refractivity contribution in [1.82, 2.24) is 24.1 Å². The Labute approximate surface area is 219 Å². The summed E-state index contributed by atoms with van der Waals surface area (Å²) < 4.78 is 9.15. The third kappa shape index (κ3) is 4.96.